The van der Waals surface area contributed by atoms with Crippen molar-refractivity contribution in [1.82, 2.24) is 0 Å². The summed E-state index contributed by atoms with van der Waals surface area (Å²) in [4.78, 5) is 22.6. The molecule has 0 aliphatic rings. The summed E-state index contributed by atoms with van der Waals surface area (Å²) < 4.78 is 10.2. The number of aromatic hydroxyl groups is 2. The monoisotopic (exact) mass is 296 g/mol. The van der Waals surface area contributed by atoms with Crippen molar-refractivity contribution >= 4 is 11.9 Å². The summed E-state index contributed by atoms with van der Waals surface area (Å²) in [6.07, 6.45) is 0.112. The molecule has 1 rings (SSSR count). The Balaban J connectivity index is 2.72. The van der Waals surface area contributed by atoms with Crippen LogP contribution in [0.4, 0.5) is 0 Å². The molecule has 2 N–H and O–H groups in total. The van der Waals surface area contributed by atoms with E-state index in [1.54, 1.807) is 19.9 Å². The van der Waals surface area contributed by atoms with Gasteiger partial charge in [0.15, 0.2) is 11.5 Å². The van der Waals surface area contributed by atoms with Gasteiger partial charge >= 0.3 is 11.9 Å². The van der Waals surface area contributed by atoms with Crippen LogP contribution in [-0.4, -0.2) is 34.9 Å². The first-order chi connectivity index (χ1) is 9.96. The first-order valence-electron chi connectivity index (χ1n) is 6.82. The third kappa shape index (κ3) is 5.72. The van der Waals surface area contributed by atoms with Gasteiger partial charge in [0.05, 0.1) is 0 Å². The Kier molecular flexibility index (Phi) is 6.52. The van der Waals surface area contributed by atoms with Crippen LogP contribution in [0.25, 0.3) is 0 Å². The molecular weight excluding hydrogens is 276 g/mol. The number of hydrogen-bond donors (Lipinski definition) is 2. The van der Waals surface area contributed by atoms with E-state index in [0.29, 0.717) is 5.56 Å². The fourth-order valence-electron chi connectivity index (χ4n) is 1.65. The molecule has 0 aliphatic heterocycles. The van der Waals surface area contributed by atoms with Gasteiger partial charge < -0.3 is 19.7 Å². The third-order valence-electron chi connectivity index (χ3n) is 2.81. The first-order valence-corrected chi connectivity index (χ1v) is 6.82. The molecule has 1 atom stereocenters. The van der Waals surface area contributed by atoms with E-state index in [2.05, 4.69) is 0 Å². The van der Waals surface area contributed by atoms with E-state index in [0.717, 1.165) is 0 Å². The highest BCUT2D eigenvalue weighted by Gasteiger charge is 2.17. The maximum absolute atomic E-state index is 11.4. The predicted octanol–water partition coefficient (Wildman–Crippen LogP) is 1.92. The van der Waals surface area contributed by atoms with E-state index in [1.165, 1.54) is 12.1 Å². The van der Waals surface area contributed by atoms with Crippen molar-refractivity contribution in [2.45, 2.75) is 39.2 Å². The Hall–Kier alpha value is -2.24. The van der Waals surface area contributed by atoms with Gasteiger partial charge in [-0.05, 0) is 17.7 Å². The van der Waals surface area contributed by atoms with Gasteiger partial charge in [-0.3, -0.25) is 9.59 Å². The van der Waals surface area contributed by atoms with Crippen LogP contribution in [0, 0.1) is 0 Å². The van der Waals surface area contributed by atoms with E-state index in [9.17, 15) is 19.8 Å². The molecule has 0 radical (unpaired) electrons. The molecule has 0 aliphatic carbocycles. The van der Waals surface area contributed by atoms with Crippen LogP contribution in [0.2, 0.25) is 0 Å². The van der Waals surface area contributed by atoms with E-state index >= 15 is 0 Å². The van der Waals surface area contributed by atoms with Gasteiger partial charge in [-0.1, -0.05) is 19.9 Å². The number of carbonyl (C=O) groups excluding carboxylic acids is 2. The maximum Gasteiger partial charge on any atom is 0.305 e. The second-order valence-corrected chi connectivity index (χ2v) is 4.53. The quantitative estimate of drug-likeness (QED) is 0.590. The van der Waals surface area contributed by atoms with Crippen LogP contribution in [0.1, 0.15) is 32.3 Å². The normalized spacial score (nSPS) is 11.7. The van der Waals surface area contributed by atoms with Gasteiger partial charge in [-0.15, -0.1) is 0 Å². The molecule has 21 heavy (non-hydrogen) atoms. The fourth-order valence-corrected chi connectivity index (χ4v) is 1.65. The zero-order valence-corrected chi connectivity index (χ0v) is 12.2. The van der Waals surface area contributed by atoms with Crippen LogP contribution < -0.4 is 0 Å². The summed E-state index contributed by atoms with van der Waals surface area (Å²) in [5, 5.41) is 18.7. The van der Waals surface area contributed by atoms with Crippen molar-refractivity contribution in [3.05, 3.63) is 23.8 Å². The topological polar surface area (TPSA) is 93.1 Å². The highest BCUT2D eigenvalue weighted by molar-refractivity contribution is 5.70. The number of carbonyl (C=O) groups is 2. The van der Waals surface area contributed by atoms with Crippen molar-refractivity contribution in [2.24, 2.45) is 0 Å². The molecule has 0 unspecified atom stereocenters. The minimum Gasteiger partial charge on any atom is -0.504 e. The van der Waals surface area contributed by atoms with E-state index in [4.69, 9.17) is 9.47 Å². The predicted molar refractivity (Wildman–Crippen MR) is 74.9 cm³/mol. The SMILES string of the molecule is CCC(=O)OC[C@@H](Cc1ccc(O)c(O)c1)OC(=O)CC. The summed E-state index contributed by atoms with van der Waals surface area (Å²) in [6.45, 7) is 3.30. The number of ether oxygens (including phenoxy) is 2. The lowest BCUT2D eigenvalue weighted by molar-refractivity contribution is -0.158. The highest BCUT2D eigenvalue weighted by Crippen LogP contribution is 2.25. The van der Waals surface area contributed by atoms with Crippen molar-refractivity contribution in [1.29, 1.82) is 0 Å². The van der Waals surface area contributed by atoms with Crippen molar-refractivity contribution < 1.29 is 29.3 Å². The van der Waals surface area contributed by atoms with Crippen LogP contribution in [-0.2, 0) is 25.5 Å². The van der Waals surface area contributed by atoms with Gasteiger partial charge in [0.25, 0.3) is 0 Å². The van der Waals surface area contributed by atoms with Crippen LogP contribution in [0.5, 0.6) is 11.5 Å². The molecule has 0 saturated carbocycles. The molecule has 116 valence electrons. The van der Waals surface area contributed by atoms with Crippen molar-refractivity contribution in [3.8, 4) is 11.5 Å². The average Bonchev–Trinajstić information content (AvgIpc) is 2.47. The van der Waals surface area contributed by atoms with Crippen molar-refractivity contribution in [3.63, 3.8) is 0 Å². The van der Waals surface area contributed by atoms with E-state index in [-0.39, 0.29) is 43.3 Å². The standard InChI is InChI=1S/C15H20O6/c1-3-14(18)20-9-11(21-15(19)4-2)7-10-5-6-12(16)13(17)8-10/h5-6,8,11,16-17H,3-4,7,9H2,1-2H3/t11-/m1/s1. The molecule has 0 aromatic heterocycles. The summed E-state index contributed by atoms with van der Waals surface area (Å²) >= 11 is 0. The molecule has 0 spiro atoms. The zero-order chi connectivity index (χ0) is 15.8. The van der Waals surface area contributed by atoms with Crippen LogP contribution in [0.3, 0.4) is 0 Å². The van der Waals surface area contributed by atoms with Gasteiger partial charge in [0.1, 0.15) is 12.7 Å². The lowest BCUT2D eigenvalue weighted by Gasteiger charge is -2.18. The number of phenolic OH excluding ortho intramolecular Hbond substituents is 2. The van der Waals surface area contributed by atoms with Gasteiger partial charge in [-0.2, -0.15) is 0 Å². The number of rotatable bonds is 7. The maximum atomic E-state index is 11.4. The molecule has 6 nitrogen and oxygen atoms in total. The molecular formula is C15H20O6. The summed E-state index contributed by atoms with van der Waals surface area (Å²) in [6, 6.07) is 4.33. The van der Waals surface area contributed by atoms with Crippen LogP contribution >= 0.6 is 0 Å². The van der Waals surface area contributed by atoms with Gasteiger partial charge in [0, 0.05) is 19.3 Å². The first kappa shape index (κ1) is 16.8. The summed E-state index contributed by atoms with van der Waals surface area (Å²) in [5.41, 5.74) is 0.659. The molecule has 0 fully saturated rings. The summed E-state index contributed by atoms with van der Waals surface area (Å²) in [5.74, 6) is -1.24. The molecule has 0 heterocycles. The minimum atomic E-state index is -0.628. The lowest BCUT2D eigenvalue weighted by Crippen LogP contribution is -2.27. The Morgan fingerprint density at radius 1 is 1.10 bits per heavy atom. The Labute approximate surface area is 123 Å². The summed E-state index contributed by atoms with van der Waals surface area (Å²) in [7, 11) is 0. The largest absolute Gasteiger partial charge is 0.504 e. The second-order valence-electron chi connectivity index (χ2n) is 4.53. The smallest absolute Gasteiger partial charge is 0.305 e. The number of hydrogen-bond acceptors (Lipinski definition) is 6. The average molecular weight is 296 g/mol. The zero-order valence-electron chi connectivity index (χ0n) is 12.2. The van der Waals surface area contributed by atoms with Gasteiger partial charge in [0.2, 0.25) is 0 Å². The number of phenols is 2. The van der Waals surface area contributed by atoms with E-state index < -0.39 is 12.1 Å². The Bertz CT molecular complexity index is 497. The van der Waals surface area contributed by atoms with Gasteiger partial charge in [-0.25, -0.2) is 0 Å². The third-order valence-corrected chi connectivity index (χ3v) is 2.81. The molecule has 1 aromatic rings. The molecule has 0 bridgehead atoms. The Morgan fingerprint density at radius 2 is 1.76 bits per heavy atom. The second kappa shape index (κ2) is 8.14. The van der Waals surface area contributed by atoms with Crippen LogP contribution in [0.15, 0.2) is 18.2 Å². The molecule has 6 heteroatoms. The minimum absolute atomic E-state index is 0.0416. The fraction of sp³-hybridized carbons (Fsp3) is 0.467. The lowest BCUT2D eigenvalue weighted by atomic mass is 10.1. The molecule has 0 saturated heterocycles. The van der Waals surface area contributed by atoms with E-state index in [1.807, 2.05) is 0 Å². The Morgan fingerprint density at radius 3 is 2.33 bits per heavy atom. The van der Waals surface area contributed by atoms with Crippen molar-refractivity contribution in [2.75, 3.05) is 6.61 Å². The molecule has 0 amide bonds. The number of esters is 2. The number of benzene rings is 1. The molecule has 1 aromatic carbocycles. The highest BCUT2D eigenvalue weighted by atomic mass is 16.6.